The molecule has 0 bridgehead atoms. The minimum atomic E-state index is -0.877. The summed E-state index contributed by atoms with van der Waals surface area (Å²) in [5, 5.41) is 6.74. The number of rotatable bonds is 8. The van der Waals surface area contributed by atoms with Crippen LogP contribution in [0.4, 0.5) is 4.79 Å². The molecule has 0 spiro atoms. The molecule has 1 aromatic carbocycles. The Morgan fingerprint density at radius 2 is 1.85 bits per heavy atom. The second kappa shape index (κ2) is 12.8. The molecular weight excluding hydrogens is 510 g/mol. The highest BCUT2D eigenvalue weighted by Crippen LogP contribution is 2.36. The van der Waals surface area contributed by atoms with Crippen molar-refractivity contribution in [1.82, 2.24) is 26.0 Å². The van der Waals surface area contributed by atoms with E-state index >= 15 is 0 Å². The van der Waals surface area contributed by atoms with Gasteiger partial charge in [0.25, 0.3) is 5.91 Å². The largest absolute Gasteiger partial charge is 0.444 e. The fourth-order valence-corrected chi connectivity index (χ4v) is 5.22. The SMILES string of the molecule is C=Cc1ccc2c(c1)[C@H](N(C)C(=O)[C@@H]1CCCN(C(=O)C(C)NC(=O)C(NC(=O)OC(C)(C)C)C(C)C)N1)CC2. The zero-order chi connectivity index (χ0) is 29.8. The van der Waals surface area contributed by atoms with Crippen LogP contribution in [0.5, 0.6) is 0 Å². The van der Waals surface area contributed by atoms with Crippen LogP contribution in [0.25, 0.3) is 6.08 Å². The molecule has 1 aliphatic heterocycles. The van der Waals surface area contributed by atoms with Crippen LogP contribution in [-0.4, -0.2) is 71.0 Å². The van der Waals surface area contributed by atoms with Crippen molar-refractivity contribution >= 4 is 29.9 Å². The molecule has 0 aromatic heterocycles. The molecule has 40 heavy (non-hydrogen) atoms. The molecule has 2 aliphatic rings. The molecule has 1 heterocycles. The molecule has 10 nitrogen and oxygen atoms in total. The standard InChI is InChI=1S/C30H45N5O5/c1-9-20-12-13-21-14-15-24(22(21)17-20)34(8)28(38)23-11-10-16-35(33-23)27(37)19(4)31-26(36)25(18(2)3)32-29(39)40-30(5,6)7/h9,12-13,17-19,23-25,33H,1,10-11,14-16H2,2-8H3,(H,31,36)(H,32,39)/t19?,23-,24+,25?/m0/s1. The van der Waals surface area contributed by atoms with Crippen LogP contribution in [0.1, 0.15) is 83.5 Å². The minimum absolute atomic E-state index is 0.0288. The zero-order valence-corrected chi connectivity index (χ0v) is 24.9. The van der Waals surface area contributed by atoms with Gasteiger partial charge in [0, 0.05) is 13.6 Å². The third kappa shape index (κ3) is 7.62. The number of fused-ring (bicyclic) bond motifs is 1. The lowest BCUT2D eigenvalue weighted by Gasteiger charge is -2.37. The van der Waals surface area contributed by atoms with E-state index in [4.69, 9.17) is 4.74 Å². The number of carbonyl (C=O) groups is 4. The Hall–Kier alpha value is -3.40. The van der Waals surface area contributed by atoms with E-state index in [1.807, 2.05) is 13.1 Å². The van der Waals surface area contributed by atoms with Crippen molar-refractivity contribution in [3.05, 3.63) is 41.5 Å². The molecular formula is C30H45N5O5. The fraction of sp³-hybridized carbons (Fsp3) is 0.600. The number of nitrogens with one attached hydrogen (secondary N) is 3. The second-order valence-electron chi connectivity index (χ2n) is 12.1. The number of likely N-dealkylation sites (N-methyl/N-ethyl adjacent to an activating group) is 1. The number of aryl methyl sites for hydroxylation is 1. The Kier molecular flexibility index (Phi) is 10.00. The minimum Gasteiger partial charge on any atom is -0.444 e. The van der Waals surface area contributed by atoms with Crippen molar-refractivity contribution < 1.29 is 23.9 Å². The van der Waals surface area contributed by atoms with Crippen molar-refractivity contribution in [2.75, 3.05) is 13.6 Å². The molecule has 1 aromatic rings. The van der Waals surface area contributed by atoms with E-state index in [1.54, 1.807) is 52.5 Å². The third-order valence-corrected chi connectivity index (χ3v) is 7.37. The number of hydrazine groups is 1. The number of hydrogen-bond donors (Lipinski definition) is 3. The number of carbonyl (C=O) groups excluding carboxylic acids is 4. The van der Waals surface area contributed by atoms with Crippen molar-refractivity contribution in [3.63, 3.8) is 0 Å². The lowest BCUT2D eigenvalue weighted by molar-refractivity contribution is -0.146. The van der Waals surface area contributed by atoms with Gasteiger partial charge in [0.15, 0.2) is 0 Å². The number of amides is 4. The number of nitrogens with zero attached hydrogens (tertiary/aromatic N) is 2. The summed E-state index contributed by atoms with van der Waals surface area (Å²) in [6, 6.07) is 3.92. The maximum Gasteiger partial charge on any atom is 0.408 e. The van der Waals surface area contributed by atoms with Gasteiger partial charge in [-0.3, -0.25) is 19.4 Å². The van der Waals surface area contributed by atoms with Crippen molar-refractivity contribution in [3.8, 4) is 0 Å². The van der Waals surface area contributed by atoms with Gasteiger partial charge in [0.05, 0.1) is 6.04 Å². The van der Waals surface area contributed by atoms with Gasteiger partial charge < -0.3 is 20.3 Å². The van der Waals surface area contributed by atoms with Crippen LogP contribution in [-0.2, 0) is 25.5 Å². The first-order valence-corrected chi connectivity index (χ1v) is 14.1. The molecule has 3 rings (SSSR count). The van der Waals surface area contributed by atoms with E-state index in [-0.39, 0.29) is 23.8 Å². The Balaban J connectivity index is 1.61. The predicted octanol–water partition coefficient (Wildman–Crippen LogP) is 3.32. The van der Waals surface area contributed by atoms with Gasteiger partial charge in [0.1, 0.15) is 23.7 Å². The van der Waals surface area contributed by atoms with Crippen LogP contribution in [0.2, 0.25) is 0 Å². The van der Waals surface area contributed by atoms with Crippen LogP contribution < -0.4 is 16.1 Å². The summed E-state index contributed by atoms with van der Waals surface area (Å²) in [7, 11) is 1.82. The topological polar surface area (TPSA) is 120 Å². The summed E-state index contributed by atoms with van der Waals surface area (Å²) in [5.41, 5.74) is 5.81. The fourth-order valence-electron chi connectivity index (χ4n) is 5.22. The molecule has 1 fully saturated rings. The van der Waals surface area contributed by atoms with Gasteiger partial charge >= 0.3 is 6.09 Å². The molecule has 0 saturated carbocycles. The molecule has 0 radical (unpaired) electrons. The van der Waals surface area contributed by atoms with E-state index in [2.05, 4.69) is 34.8 Å². The van der Waals surface area contributed by atoms with E-state index in [0.29, 0.717) is 19.4 Å². The highest BCUT2D eigenvalue weighted by molar-refractivity contribution is 5.91. The normalized spacial score (nSPS) is 20.2. The van der Waals surface area contributed by atoms with Gasteiger partial charge in [-0.2, -0.15) is 0 Å². The van der Waals surface area contributed by atoms with Gasteiger partial charge in [-0.05, 0) is 82.1 Å². The Morgan fingerprint density at radius 1 is 1.15 bits per heavy atom. The first kappa shape index (κ1) is 31.1. The molecule has 4 amide bonds. The monoisotopic (exact) mass is 555 g/mol. The van der Waals surface area contributed by atoms with Crippen LogP contribution in [0, 0.1) is 5.92 Å². The average Bonchev–Trinajstić information content (AvgIpc) is 3.32. The summed E-state index contributed by atoms with van der Waals surface area (Å²) in [6.07, 6.45) is 4.13. The van der Waals surface area contributed by atoms with Crippen LogP contribution in [0.15, 0.2) is 24.8 Å². The predicted molar refractivity (Wildman–Crippen MR) is 154 cm³/mol. The van der Waals surface area contributed by atoms with Gasteiger partial charge in [-0.1, -0.05) is 38.6 Å². The second-order valence-corrected chi connectivity index (χ2v) is 12.1. The Labute approximate surface area is 237 Å². The number of alkyl carbamates (subject to hydrolysis) is 1. The molecule has 10 heteroatoms. The maximum atomic E-state index is 13.5. The summed E-state index contributed by atoms with van der Waals surface area (Å²) in [5.74, 6) is -1.14. The van der Waals surface area contributed by atoms with E-state index in [1.165, 1.54) is 10.6 Å². The molecule has 220 valence electrons. The Morgan fingerprint density at radius 3 is 2.48 bits per heavy atom. The molecule has 1 saturated heterocycles. The number of ether oxygens (including phenoxy) is 1. The first-order chi connectivity index (χ1) is 18.7. The maximum absolute atomic E-state index is 13.5. The summed E-state index contributed by atoms with van der Waals surface area (Å²) < 4.78 is 5.28. The highest BCUT2D eigenvalue weighted by atomic mass is 16.6. The molecule has 3 N–H and O–H groups in total. The number of benzene rings is 1. The van der Waals surface area contributed by atoms with Crippen LogP contribution >= 0.6 is 0 Å². The summed E-state index contributed by atoms with van der Waals surface area (Å²) >= 11 is 0. The van der Waals surface area contributed by atoms with Gasteiger partial charge in [-0.25, -0.2) is 10.2 Å². The van der Waals surface area contributed by atoms with Crippen molar-refractivity contribution in [2.24, 2.45) is 5.92 Å². The van der Waals surface area contributed by atoms with E-state index in [0.717, 1.165) is 24.0 Å². The zero-order valence-electron chi connectivity index (χ0n) is 24.9. The Bertz CT molecular complexity index is 1130. The molecule has 4 atom stereocenters. The van der Waals surface area contributed by atoms with Crippen LogP contribution in [0.3, 0.4) is 0 Å². The van der Waals surface area contributed by atoms with Crippen molar-refractivity contribution in [1.29, 1.82) is 0 Å². The lowest BCUT2D eigenvalue weighted by Crippen LogP contribution is -2.62. The lowest BCUT2D eigenvalue weighted by atomic mass is 10.0. The smallest absolute Gasteiger partial charge is 0.408 e. The summed E-state index contributed by atoms with van der Waals surface area (Å²) in [6.45, 7) is 14.7. The van der Waals surface area contributed by atoms with Crippen molar-refractivity contribution in [2.45, 2.75) is 97.0 Å². The quantitative estimate of drug-likeness (QED) is 0.453. The average molecular weight is 556 g/mol. The highest BCUT2D eigenvalue weighted by Gasteiger charge is 2.36. The molecule has 2 unspecified atom stereocenters. The van der Waals surface area contributed by atoms with E-state index < -0.39 is 35.7 Å². The molecule has 1 aliphatic carbocycles. The van der Waals surface area contributed by atoms with E-state index in [9.17, 15) is 19.2 Å². The first-order valence-electron chi connectivity index (χ1n) is 14.1. The van der Waals surface area contributed by atoms with Gasteiger partial charge in [-0.15, -0.1) is 0 Å². The number of hydrogen-bond acceptors (Lipinski definition) is 6. The third-order valence-electron chi connectivity index (χ3n) is 7.37. The summed E-state index contributed by atoms with van der Waals surface area (Å²) in [4.78, 5) is 53.8. The van der Waals surface area contributed by atoms with Gasteiger partial charge in [0.2, 0.25) is 11.8 Å².